The Morgan fingerprint density at radius 3 is 2.39 bits per heavy atom. The number of anilines is 1. The number of urea groups is 1. The second-order valence-electron chi connectivity index (χ2n) is 5.69. The molecule has 0 saturated carbocycles. The van der Waals surface area contributed by atoms with Gasteiger partial charge < -0.3 is 10.1 Å². The van der Waals surface area contributed by atoms with Gasteiger partial charge in [0.2, 0.25) is 0 Å². The van der Waals surface area contributed by atoms with Crippen LogP contribution in [-0.2, 0) is 10.3 Å². The molecule has 1 heterocycles. The van der Waals surface area contributed by atoms with Crippen LogP contribution in [0.3, 0.4) is 0 Å². The first-order valence-electron chi connectivity index (χ1n) is 7.35. The first-order chi connectivity index (χ1) is 11.0. The third kappa shape index (κ3) is 2.25. The second-order valence-corrected chi connectivity index (χ2v) is 5.69. The lowest BCUT2D eigenvalue weighted by atomic mass is 9.92. The Balaban J connectivity index is 2.11. The van der Waals surface area contributed by atoms with E-state index in [2.05, 4.69) is 5.32 Å². The van der Waals surface area contributed by atoms with E-state index in [0.29, 0.717) is 11.4 Å². The molecular formula is C18H18N2O3. The monoisotopic (exact) mass is 310 g/mol. The summed E-state index contributed by atoms with van der Waals surface area (Å²) in [6.07, 6.45) is 0. The number of carbonyl (C=O) groups excluding carboxylic acids is 2. The van der Waals surface area contributed by atoms with Crippen molar-refractivity contribution in [3.63, 3.8) is 0 Å². The fraction of sp³-hybridized carbons (Fsp3) is 0.222. The van der Waals surface area contributed by atoms with Crippen LogP contribution >= 0.6 is 0 Å². The molecule has 5 heteroatoms. The maximum Gasteiger partial charge on any atom is 0.330 e. The zero-order chi connectivity index (χ0) is 16.6. The molecule has 5 nitrogen and oxygen atoms in total. The number of carbonyl (C=O) groups is 2. The largest absolute Gasteiger partial charge is 0.495 e. The molecule has 0 aromatic heterocycles. The lowest BCUT2D eigenvalue weighted by Crippen LogP contribution is -2.41. The van der Waals surface area contributed by atoms with Crippen molar-refractivity contribution in [2.75, 3.05) is 12.0 Å². The van der Waals surface area contributed by atoms with E-state index in [4.69, 9.17) is 4.74 Å². The summed E-state index contributed by atoms with van der Waals surface area (Å²) in [5, 5.41) is 2.81. The number of hydrogen-bond acceptors (Lipinski definition) is 3. The van der Waals surface area contributed by atoms with Gasteiger partial charge in [-0.15, -0.1) is 0 Å². The maximum absolute atomic E-state index is 13.0. The van der Waals surface area contributed by atoms with Gasteiger partial charge in [-0.25, -0.2) is 9.69 Å². The second kappa shape index (κ2) is 5.43. The van der Waals surface area contributed by atoms with Gasteiger partial charge in [0.1, 0.15) is 11.3 Å². The molecule has 1 aliphatic rings. The lowest BCUT2D eigenvalue weighted by Gasteiger charge is -2.23. The van der Waals surface area contributed by atoms with Crippen molar-refractivity contribution in [2.45, 2.75) is 19.4 Å². The van der Waals surface area contributed by atoms with Gasteiger partial charge in [-0.05, 0) is 31.0 Å². The number of imide groups is 1. The summed E-state index contributed by atoms with van der Waals surface area (Å²) >= 11 is 0. The summed E-state index contributed by atoms with van der Waals surface area (Å²) < 4.78 is 5.34. The van der Waals surface area contributed by atoms with Crippen molar-refractivity contribution in [1.82, 2.24) is 5.32 Å². The number of nitrogens with zero attached hydrogens (tertiary/aromatic N) is 1. The lowest BCUT2D eigenvalue weighted by molar-refractivity contribution is -0.121. The van der Waals surface area contributed by atoms with Gasteiger partial charge in [0.25, 0.3) is 5.91 Å². The van der Waals surface area contributed by atoms with Gasteiger partial charge in [0.15, 0.2) is 0 Å². The normalized spacial score (nSPS) is 20.6. The topological polar surface area (TPSA) is 58.6 Å². The molecule has 1 saturated heterocycles. The van der Waals surface area contributed by atoms with Crippen LogP contribution in [-0.4, -0.2) is 19.0 Å². The molecule has 2 aromatic rings. The van der Waals surface area contributed by atoms with E-state index in [1.54, 1.807) is 13.0 Å². The number of para-hydroxylation sites is 1. The van der Waals surface area contributed by atoms with E-state index in [1.807, 2.05) is 49.4 Å². The van der Waals surface area contributed by atoms with E-state index in [9.17, 15) is 9.59 Å². The molecule has 0 spiro atoms. The standard InChI is InChI=1S/C18H18N2O3/c1-12-8-7-11-14(23-3)15(12)20-16(21)18(2,19-17(20)22)13-9-5-4-6-10-13/h4-11H,1-3H3,(H,19,22)/t18-/m1/s1. The van der Waals surface area contributed by atoms with Crippen molar-refractivity contribution >= 4 is 17.6 Å². The molecule has 3 amide bonds. The maximum atomic E-state index is 13.0. The van der Waals surface area contributed by atoms with E-state index >= 15 is 0 Å². The number of methoxy groups -OCH3 is 1. The number of amides is 3. The van der Waals surface area contributed by atoms with Gasteiger partial charge in [-0.1, -0.05) is 42.5 Å². The number of nitrogens with one attached hydrogen (secondary N) is 1. The highest BCUT2D eigenvalue weighted by molar-refractivity contribution is 6.24. The Hall–Kier alpha value is -2.82. The summed E-state index contributed by atoms with van der Waals surface area (Å²) in [4.78, 5) is 26.7. The van der Waals surface area contributed by atoms with Gasteiger partial charge in [-0.3, -0.25) is 4.79 Å². The van der Waals surface area contributed by atoms with Gasteiger partial charge in [0.05, 0.1) is 12.8 Å². The molecular weight excluding hydrogens is 292 g/mol. The molecule has 118 valence electrons. The minimum Gasteiger partial charge on any atom is -0.495 e. The van der Waals surface area contributed by atoms with Crippen LogP contribution in [0.25, 0.3) is 0 Å². The molecule has 1 aliphatic heterocycles. The van der Waals surface area contributed by atoms with Gasteiger partial charge >= 0.3 is 6.03 Å². The van der Waals surface area contributed by atoms with Crippen LogP contribution in [0.1, 0.15) is 18.1 Å². The van der Waals surface area contributed by atoms with Crippen molar-refractivity contribution in [3.8, 4) is 5.75 Å². The molecule has 0 unspecified atom stereocenters. The third-order valence-electron chi connectivity index (χ3n) is 4.19. The third-order valence-corrected chi connectivity index (χ3v) is 4.19. The molecule has 0 radical (unpaired) electrons. The van der Waals surface area contributed by atoms with Crippen LogP contribution in [0.5, 0.6) is 5.75 Å². The Morgan fingerprint density at radius 1 is 1.04 bits per heavy atom. The molecule has 3 rings (SSSR count). The van der Waals surface area contributed by atoms with Crippen molar-refractivity contribution in [1.29, 1.82) is 0 Å². The number of benzene rings is 2. The predicted molar refractivity (Wildman–Crippen MR) is 87.5 cm³/mol. The Kier molecular flexibility index (Phi) is 3.56. The van der Waals surface area contributed by atoms with Crippen molar-refractivity contribution < 1.29 is 14.3 Å². The molecule has 0 bridgehead atoms. The van der Waals surface area contributed by atoms with Gasteiger partial charge in [0, 0.05) is 0 Å². The molecule has 0 aliphatic carbocycles. The molecule has 2 aromatic carbocycles. The average Bonchev–Trinajstić information content (AvgIpc) is 2.79. The van der Waals surface area contributed by atoms with Crippen molar-refractivity contribution in [2.24, 2.45) is 0 Å². The number of aryl methyl sites for hydroxylation is 1. The van der Waals surface area contributed by atoms with Crippen LogP contribution in [0.15, 0.2) is 48.5 Å². The molecule has 23 heavy (non-hydrogen) atoms. The highest BCUT2D eigenvalue weighted by Crippen LogP contribution is 2.38. The summed E-state index contributed by atoms with van der Waals surface area (Å²) in [6, 6.07) is 14.2. The Bertz CT molecular complexity index is 773. The molecule has 1 atom stereocenters. The Morgan fingerprint density at radius 2 is 1.74 bits per heavy atom. The Labute approximate surface area is 134 Å². The minimum atomic E-state index is -1.09. The number of hydrogen-bond donors (Lipinski definition) is 1. The summed E-state index contributed by atoms with van der Waals surface area (Å²) in [5.41, 5.74) is 0.932. The van der Waals surface area contributed by atoms with E-state index < -0.39 is 11.6 Å². The van der Waals surface area contributed by atoms with Crippen molar-refractivity contribution in [3.05, 3.63) is 59.7 Å². The summed E-state index contributed by atoms with van der Waals surface area (Å²) in [5.74, 6) is 0.173. The fourth-order valence-electron chi connectivity index (χ4n) is 2.89. The van der Waals surface area contributed by atoms with E-state index in [-0.39, 0.29) is 5.91 Å². The van der Waals surface area contributed by atoms with Gasteiger partial charge in [-0.2, -0.15) is 0 Å². The molecule has 1 fully saturated rings. The predicted octanol–water partition coefficient (Wildman–Crippen LogP) is 2.98. The van der Waals surface area contributed by atoms with E-state index in [0.717, 1.165) is 11.1 Å². The van der Waals surface area contributed by atoms with E-state index in [1.165, 1.54) is 12.0 Å². The highest BCUT2D eigenvalue weighted by Gasteiger charge is 2.50. The first kappa shape index (κ1) is 15.1. The van der Waals surface area contributed by atoms with Crippen LogP contribution in [0, 0.1) is 6.92 Å². The summed E-state index contributed by atoms with van der Waals surface area (Å²) in [7, 11) is 1.52. The fourth-order valence-corrected chi connectivity index (χ4v) is 2.89. The number of ether oxygens (including phenoxy) is 1. The minimum absolute atomic E-state index is 0.318. The smallest absolute Gasteiger partial charge is 0.330 e. The first-order valence-corrected chi connectivity index (χ1v) is 7.35. The quantitative estimate of drug-likeness (QED) is 0.887. The number of rotatable bonds is 3. The van der Waals surface area contributed by atoms with Crippen LogP contribution in [0.2, 0.25) is 0 Å². The van der Waals surface area contributed by atoms with Crippen LogP contribution < -0.4 is 15.0 Å². The van der Waals surface area contributed by atoms with Crippen LogP contribution in [0.4, 0.5) is 10.5 Å². The summed E-state index contributed by atoms with van der Waals surface area (Å²) in [6.45, 7) is 3.56. The SMILES string of the molecule is COc1cccc(C)c1N1C(=O)N[C@](C)(c2ccccc2)C1=O. The molecule has 1 N–H and O–H groups in total. The zero-order valence-corrected chi connectivity index (χ0v) is 13.3. The average molecular weight is 310 g/mol. The zero-order valence-electron chi connectivity index (χ0n) is 13.3. The highest BCUT2D eigenvalue weighted by atomic mass is 16.5.